The Hall–Kier alpha value is -6.12. The van der Waals surface area contributed by atoms with Gasteiger partial charge in [0, 0.05) is 38.3 Å². The quantitative estimate of drug-likeness (QED) is 0.193. The van der Waals surface area contributed by atoms with Crippen molar-refractivity contribution in [1.82, 2.24) is 0 Å². The smallest absolute Gasteiger partial charge is 0.143 e. The molecule has 0 saturated carbocycles. The fourth-order valence-electron chi connectivity index (χ4n) is 8.27. The third-order valence-corrected chi connectivity index (χ3v) is 10.6. The first kappa shape index (κ1) is 27.9. The van der Waals surface area contributed by atoms with Gasteiger partial charge in [0.1, 0.15) is 11.2 Å². The zero-order valence-corrected chi connectivity index (χ0v) is 27.4. The molecule has 49 heavy (non-hydrogen) atoms. The van der Waals surface area contributed by atoms with Crippen LogP contribution in [0.4, 0.5) is 17.1 Å². The van der Waals surface area contributed by atoms with E-state index in [2.05, 4.69) is 183 Å². The number of fused-ring (bicyclic) bond motifs is 9. The molecule has 0 aliphatic heterocycles. The maximum atomic E-state index is 6.57. The topological polar surface area (TPSA) is 16.4 Å². The molecule has 1 aliphatic carbocycles. The van der Waals surface area contributed by atoms with Gasteiger partial charge in [-0.2, -0.15) is 0 Å². The molecule has 0 unspecified atom stereocenters. The van der Waals surface area contributed by atoms with Crippen molar-refractivity contribution < 1.29 is 4.42 Å². The predicted octanol–water partition coefficient (Wildman–Crippen LogP) is 13.3. The first-order valence-corrected chi connectivity index (χ1v) is 17.0. The number of nitrogens with zero attached hydrogens (tertiary/aromatic N) is 1. The van der Waals surface area contributed by atoms with Gasteiger partial charge in [-0.3, -0.25) is 0 Å². The fraction of sp³-hybridized carbons (Fsp3) is 0.0638. The van der Waals surface area contributed by atoms with E-state index in [-0.39, 0.29) is 5.41 Å². The molecule has 0 atom stereocenters. The summed E-state index contributed by atoms with van der Waals surface area (Å²) in [5, 5.41) is 7.05. The van der Waals surface area contributed by atoms with Gasteiger partial charge in [-0.1, -0.05) is 135 Å². The average molecular weight is 628 g/mol. The summed E-state index contributed by atoms with van der Waals surface area (Å²) in [6, 6.07) is 59.5. The Kier molecular flexibility index (Phi) is 5.95. The summed E-state index contributed by atoms with van der Waals surface area (Å²) in [6.07, 6.45) is 0. The fourth-order valence-corrected chi connectivity index (χ4v) is 8.27. The minimum atomic E-state index is -0.101. The summed E-state index contributed by atoms with van der Waals surface area (Å²) in [5.41, 5.74) is 12.9. The maximum absolute atomic E-state index is 6.57. The zero-order chi connectivity index (χ0) is 32.7. The lowest BCUT2D eigenvalue weighted by Gasteiger charge is -2.29. The highest BCUT2D eigenvalue weighted by Crippen LogP contribution is 2.51. The van der Waals surface area contributed by atoms with E-state index < -0.39 is 0 Å². The van der Waals surface area contributed by atoms with Crippen LogP contribution in [0.25, 0.3) is 65.7 Å². The second-order valence-corrected chi connectivity index (χ2v) is 13.7. The number of furan rings is 1. The van der Waals surface area contributed by atoms with E-state index in [0.717, 1.165) is 55.5 Å². The molecule has 0 bridgehead atoms. The van der Waals surface area contributed by atoms with Crippen LogP contribution in [-0.2, 0) is 5.41 Å². The number of anilines is 3. The van der Waals surface area contributed by atoms with Gasteiger partial charge < -0.3 is 9.32 Å². The third-order valence-electron chi connectivity index (χ3n) is 10.6. The monoisotopic (exact) mass is 627 g/mol. The molecular weight excluding hydrogens is 595 g/mol. The molecule has 0 saturated heterocycles. The lowest BCUT2D eigenvalue weighted by molar-refractivity contribution is 0.660. The molecule has 0 fully saturated rings. The second kappa shape index (κ2) is 10.4. The van der Waals surface area contributed by atoms with E-state index >= 15 is 0 Å². The SMILES string of the molecule is CC1(C)c2ccccc2-c2ccc(N(c3cccc(-c4cccc5oc6c7ccccc7ccc6c45)c3)c3cccc4ccccc34)cc21. The van der Waals surface area contributed by atoms with Crippen LogP contribution in [0.5, 0.6) is 0 Å². The van der Waals surface area contributed by atoms with Crippen molar-refractivity contribution in [2.75, 3.05) is 4.90 Å². The molecule has 232 valence electrons. The summed E-state index contributed by atoms with van der Waals surface area (Å²) < 4.78 is 6.57. The Morgan fingerprint density at radius 2 is 1.14 bits per heavy atom. The van der Waals surface area contributed by atoms with Gasteiger partial charge in [-0.05, 0) is 86.6 Å². The van der Waals surface area contributed by atoms with Crippen molar-refractivity contribution in [3.63, 3.8) is 0 Å². The molecule has 0 radical (unpaired) electrons. The molecule has 0 N–H and O–H groups in total. The molecule has 1 heterocycles. The van der Waals surface area contributed by atoms with E-state index in [9.17, 15) is 0 Å². The average Bonchev–Trinajstić information content (AvgIpc) is 3.65. The van der Waals surface area contributed by atoms with Crippen LogP contribution in [0.2, 0.25) is 0 Å². The summed E-state index contributed by atoms with van der Waals surface area (Å²) in [4.78, 5) is 2.44. The first-order chi connectivity index (χ1) is 24.1. The molecular formula is C47H33NO. The normalized spacial score (nSPS) is 13.3. The van der Waals surface area contributed by atoms with Gasteiger partial charge >= 0.3 is 0 Å². The summed E-state index contributed by atoms with van der Waals surface area (Å²) >= 11 is 0. The van der Waals surface area contributed by atoms with E-state index in [1.54, 1.807) is 0 Å². The van der Waals surface area contributed by atoms with E-state index in [1.807, 2.05) is 0 Å². The van der Waals surface area contributed by atoms with E-state index in [1.165, 1.54) is 38.4 Å². The van der Waals surface area contributed by atoms with Gasteiger partial charge in [0.2, 0.25) is 0 Å². The number of rotatable bonds is 4. The lowest BCUT2D eigenvalue weighted by Crippen LogP contribution is -2.16. The molecule has 1 aliphatic rings. The van der Waals surface area contributed by atoms with Crippen LogP contribution in [0.1, 0.15) is 25.0 Å². The van der Waals surface area contributed by atoms with Gasteiger partial charge in [0.05, 0.1) is 5.69 Å². The molecule has 1 aromatic heterocycles. The van der Waals surface area contributed by atoms with Gasteiger partial charge in [-0.15, -0.1) is 0 Å². The Labute approximate surface area is 285 Å². The number of hydrogen-bond donors (Lipinski definition) is 0. The minimum Gasteiger partial charge on any atom is -0.455 e. The van der Waals surface area contributed by atoms with Crippen LogP contribution in [0, 0.1) is 0 Å². The Morgan fingerprint density at radius 3 is 2.04 bits per heavy atom. The maximum Gasteiger partial charge on any atom is 0.143 e. The number of benzene rings is 8. The molecule has 0 amide bonds. The largest absolute Gasteiger partial charge is 0.455 e. The van der Waals surface area contributed by atoms with Crippen LogP contribution >= 0.6 is 0 Å². The van der Waals surface area contributed by atoms with Crippen molar-refractivity contribution in [3.8, 4) is 22.3 Å². The van der Waals surface area contributed by atoms with Crippen molar-refractivity contribution in [2.24, 2.45) is 0 Å². The minimum absolute atomic E-state index is 0.101. The third kappa shape index (κ3) is 4.14. The number of hydrogen-bond acceptors (Lipinski definition) is 2. The second-order valence-electron chi connectivity index (χ2n) is 13.7. The molecule has 2 nitrogen and oxygen atoms in total. The van der Waals surface area contributed by atoms with Gasteiger partial charge in [0.25, 0.3) is 0 Å². The zero-order valence-electron chi connectivity index (χ0n) is 27.4. The van der Waals surface area contributed by atoms with Gasteiger partial charge in [-0.25, -0.2) is 0 Å². The Morgan fingerprint density at radius 1 is 0.469 bits per heavy atom. The Bertz CT molecular complexity index is 2760. The van der Waals surface area contributed by atoms with Crippen molar-refractivity contribution in [1.29, 1.82) is 0 Å². The van der Waals surface area contributed by atoms with Crippen LogP contribution in [0.15, 0.2) is 168 Å². The van der Waals surface area contributed by atoms with Crippen molar-refractivity contribution in [2.45, 2.75) is 19.3 Å². The highest BCUT2D eigenvalue weighted by atomic mass is 16.3. The van der Waals surface area contributed by atoms with Crippen LogP contribution in [0.3, 0.4) is 0 Å². The van der Waals surface area contributed by atoms with Crippen molar-refractivity contribution >= 4 is 60.5 Å². The van der Waals surface area contributed by atoms with E-state index in [0.29, 0.717) is 0 Å². The lowest BCUT2D eigenvalue weighted by atomic mass is 9.82. The predicted molar refractivity (Wildman–Crippen MR) is 206 cm³/mol. The molecule has 0 spiro atoms. The van der Waals surface area contributed by atoms with E-state index in [4.69, 9.17) is 4.42 Å². The molecule has 2 heteroatoms. The summed E-state index contributed by atoms with van der Waals surface area (Å²) in [7, 11) is 0. The van der Waals surface area contributed by atoms with Gasteiger partial charge in [0.15, 0.2) is 0 Å². The Balaban J connectivity index is 1.20. The van der Waals surface area contributed by atoms with Crippen molar-refractivity contribution in [3.05, 3.63) is 175 Å². The molecule has 10 rings (SSSR count). The van der Waals surface area contributed by atoms with Crippen LogP contribution < -0.4 is 4.90 Å². The highest BCUT2D eigenvalue weighted by molar-refractivity contribution is 6.19. The standard InChI is InChI=1S/C47H33NO/c1-47(2)41-21-8-7-19-38(41)39-27-25-34(29-42(39)47)48(43-22-10-14-30-12-3-5-17-35(30)43)33-16-9-15-32(28-33)36-20-11-23-44-45(36)40-26-24-31-13-4-6-18-37(31)46(40)49-44/h3-29H,1-2H3. The first-order valence-electron chi connectivity index (χ1n) is 17.0. The molecule has 9 aromatic rings. The highest BCUT2D eigenvalue weighted by Gasteiger charge is 2.35. The molecule has 8 aromatic carbocycles. The summed E-state index contributed by atoms with van der Waals surface area (Å²) in [5.74, 6) is 0. The summed E-state index contributed by atoms with van der Waals surface area (Å²) in [6.45, 7) is 4.70. The van der Waals surface area contributed by atoms with Crippen LogP contribution in [-0.4, -0.2) is 0 Å².